The average molecular weight is 889 g/mol. The summed E-state index contributed by atoms with van der Waals surface area (Å²) in [5, 5.41) is 23.2. The molecule has 0 rings (SSSR count). The Morgan fingerprint density at radius 3 is 0.825 bits per heavy atom. The molecular formula is C59H117NO3. The lowest BCUT2D eigenvalue weighted by molar-refractivity contribution is -0.123. The second-order valence-electron chi connectivity index (χ2n) is 20.4. The third-order valence-corrected chi connectivity index (χ3v) is 14.0. The molecule has 0 aromatic carbocycles. The number of amides is 1. The van der Waals surface area contributed by atoms with Crippen molar-refractivity contribution in [2.75, 3.05) is 6.61 Å². The predicted octanol–water partition coefficient (Wildman–Crippen LogP) is 19.3. The van der Waals surface area contributed by atoms with Crippen molar-refractivity contribution in [1.29, 1.82) is 0 Å². The molecule has 0 aliphatic heterocycles. The number of nitrogens with one attached hydrogen (secondary N) is 1. The number of carbonyl (C=O) groups is 1. The molecule has 0 heterocycles. The molecule has 4 heteroatoms. The Morgan fingerprint density at radius 1 is 0.365 bits per heavy atom. The number of carbonyl (C=O) groups excluding carboxylic acids is 1. The molecular weight excluding hydrogens is 771 g/mol. The minimum Gasteiger partial charge on any atom is -0.394 e. The van der Waals surface area contributed by atoms with Crippen LogP contribution in [-0.4, -0.2) is 34.9 Å². The molecule has 2 atom stereocenters. The number of allylic oxidation sites excluding steroid dienone is 1. The maximum atomic E-state index is 12.5. The van der Waals surface area contributed by atoms with Crippen molar-refractivity contribution in [3.63, 3.8) is 0 Å². The van der Waals surface area contributed by atoms with Crippen LogP contribution in [0.25, 0.3) is 0 Å². The minimum absolute atomic E-state index is 0.0549. The first-order chi connectivity index (χ1) is 31.2. The van der Waals surface area contributed by atoms with E-state index in [-0.39, 0.29) is 12.5 Å². The van der Waals surface area contributed by atoms with E-state index in [9.17, 15) is 15.0 Å². The highest BCUT2D eigenvalue weighted by atomic mass is 16.3. The molecule has 4 nitrogen and oxygen atoms in total. The monoisotopic (exact) mass is 888 g/mol. The fourth-order valence-electron chi connectivity index (χ4n) is 9.54. The van der Waals surface area contributed by atoms with E-state index in [0.717, 1.165) is 25.7 Å². The molecule has 0 aliphatic carbocycles. The van der Waals surface area contributed by atoms with Gasteiger partial charge in [0, 0.05) is 6.42 Å². The van der Waals surface area contributed by atoms with Crippen LogP contribution >= 0.6 is 0 Å². The van der Waals surface area contributed by atoms with Crippen molar-refractivity contribution >= 4 is 5.91 Å². The zero-order valence-corrected chi connectivity index (χ0v) is 43.4. The minimum atomic E-state index is -0.836. The topological polar surface area (TPSA) is 69.6 Å². The fraction of sp³-hybridized carbons (Fsp3) is 0.949. The number of aliphatic hydroxyl groups excluding tert-OH is 2. The number of hydrogen-bond acceptors (Lipinski definition) is 3. The van der Waals surface area contributed by atoms with Gasteiger partial charge in [0.2, 0.25) is 5.91 Å². The SMILES string of the molecule is CCCCCCCCCCCCCCCCCCCCCCC/C=C/C(O)C(CO)NC(=O)CCCCCCCCCCCCCCCCCCCCCCCCCCCCCC. The van der Waals surface area contributed by atoms with Crippen LogP contribution in [0.4, 0.5) is 0 Å². The van der Waals surface area contributed by atoms with Gasteiger partial charge in [-0.25, -0.2) is 0 Å². The quantitative estimate of drug-likeness (QED) is 0.0421. The maximum absolute atomic E-state index is 12.5. The molecule has 0 fully saturated rings. The summed E-state index contributed by atoms with van der Waals surface area (Å²) in [6, 6.07) is -0.618. The Morgan fingerprint density at radius 2 is 0.587 bits per heavy atom. The molecule has 0 aromatic rings. The van der Waals surface area contributed by atoms with Crippen LogP contribution in [-0.2, 0) is 4.79 Å². The Labute approximate surface area is 397 Å². The van der Waals surface area contributed by atoms with E-state index in [2.05, 4.69) is 19.2 Å². The highest BCUT2D eigenvalue weighted by Crippen LogP contribution is 2.18. The molecule has 63 heavy (non-hydrogen) atoms. The molecule has 3 N–H and O–H groups in total. The van der Waals surface area contributed by atoms with E-state index in [1.54, 1.807) is 6.08 Å². The molecule has 0 spiro atoms. The van der Waals surface area contributed by atoms with Gasteiger partial charge in [-0.15, -0.1) is 0 Å². The van der Waals surface area contributed by atoms with Gasteiger partial charge in [0.15, 0.2) is 0 Å². The van der Waals surface area contributed by atoms with Crippen molar-refractivity contribution in [1.82, 2.24) is 5.32 Å². The molecule has 0 bridgehead atoms. The summed E-state index contributed by atoms with van der Waals surface area (Å²) < 4.78 is 0. The van der Waals surface area contributed by atoms with Crippen LogP contribution in [0.3, 0.4) is 0 Å². The molecule has 1 amide bonds. The average Bonchev–Trinajstić information content (AvgIpc) is 3.29. The number of unbranched alkanes of at least 4 members (excludes halogenated alkanes) is 48. The first-order valence-electron chi connectivity index (χ1n) is 29.4. The summed E-state index contributed by atoms with van der Waals surface area (Å²) in [6.45, 7) is 4.36. The van der Waals surface area contributed by atoms with Crippen molar-refractivity contribution in [3.05, 3.63) is 12.2 Å². The highest BCUT2D eigenvalue weighted by Gasteiger charge is 2.18. The molecule has 376 valence electrons. The Balaban J connectivity index is 3.43. The first kappa shape index (κ1) is 62.1. The smallest absolute Gasteiger partial charge is 0.220 e. The van der Waals surface area contributed by atoms with Gasteiger partial charge < -0.3 is 15.5 Å². The normalized spacial score (nSPS) is 12.8. The largest absolute Gasteiger partial charge is 0.394 e. The molecule has 0 saturated carbocycles. The summed E-state index contributed by atoms with van der Waals surface area (Å²) >= 11 is 0. The van der Waals surface area contributed by atoms with Gasteiger partial charge in [-0.05, 0) is 19.3 Å². The van der Waals surface area contributed by atoms with Crippen molar-refractivity contribution in [2.24, 2.45) is 0 Å². The standard InChI is InChI=1S/C59H117NO3/c1-3-5-7-9-11-13-15-17-19-21-23-25-27-28-29-30-31-33-35-37-39-41-43-45-47-49-51-53-55-59(63)60-57(56-61)58(62)54-52-50-48-46-44-42-40-38-36-34-32-26-24-22-20-18-16-14-12-10-8-6-4-2/h52,54,57-58,61-62H,3-51,53,55-56H2,1-2H3,(H,60,63)/b54-52+. The second kappa shape index (κ2) is 55.5. The predicted molar refractivity (Wildman–Crippen MR) is 281 cm³/mol. The lowest BCUT2D eigenvalue weighted by atomic mass is 10.0. The first-order valence-corrected chi connectivity index (χ1v) is 29.4. The van der Waals surface area contributed by atoms with Gasteiger partial charge in [-0.2, -0.15) is 0 Å². The van der Waals surface area contributed by atoms with Gasteiger partial charge >= 0.3 is 0 Å². The van der Waals surface area contributed by atoms with Gasteiger partial charge in [0.25, 0.3) is 0 Å². The van der Waals surface area contributed by atoms with E-state index in [4.69, 9.17) is 0 Å². The highest BCUT2D eigenvalue weighted by molar-refractivity contribution is 5.76. The summed E-state index contributed by atoms with van der Waals surface area (Å²) in [5.74, 6) is -0.0549. The molecule has 0 aliphatic rings. The van der Waals surface area contributed by atoms with Crippen molar-refractivity contribution in [3.8, 4) is 0 Å². The number of rotatable bonds is 55. The molecule has 2 unspecified atom stereocenters. The molecule has 0 radical (unpaired) electrons. The zero-order valence-electron chi connectivity index (χ0n) is 43.4. The lowest BCUT2D eigenvalue weighted by Crippen LogP contribution is -2.45. The lowest BCUT2D eigenvalue weighted by Gasteiger charge is -2.20. The second-order valence-corrected chi connectivity index (χ2v) is 20.4. The Hall–Kier alpha value is -0.870. The van der Waals surface area contributed by atoms with Gasteiger partial charge in [-0.3, -0.25) is 4.79 Å². The van der Waals surface area contributed by atoms with E-state index in [0.29, 0.717) is 6.42 Å². The number of hydrogen-bond donors (Lipinski definition) is 3. The van der Waals surface area contributed by atoms with E-state index in [1.807, 2.05) is 6.08 Å². The van der Waals surface area contributed by atoms with Gasteiger partial charge in [-0.1, -0.05) is 328 Å². The Kier molecular flexibility index (Phi) is 54.7. The van der Waals surface area contributed by atoms with Crippen LogP contribution < -0.4 is 5.32 Å². The Bertz CT molecular complexity index is 875. The van der Waals surface area contributed by atoms with Gasteiger partial charge in [0.05, 0.1) is 18.8 Å². The third-order valence-electron chi connectivity index (χ3n) is 14.0. The summed E-state index contributed by atoms with van der Waals surface area (Å²) in [5.41, 5.74) is 0. The molecule has 0 aromatic heterocycles. The van der Waals surface area contributed by atoms with Crippen molar-refractivity contribution in [2.45, 2.75) is 353 Å². The summed E-state index contributed by atoms with van der Waals surface area (Å²) in [6.07, 6.45) is 72.5. The maximum Gasteiger partial charge on any atom is 0.220 e. The molecule has 0 saturated heterocycles. The van der Waals surface area contributed by atoms with Crippen molar-refractivity contribution < 1.29 is 15.0 Å². The number of aliphatic hydroxyl groups is 2. The zero-order chi connectivity index (χ0) is 45.6. The summed E-state index contributed by atoms with van der Waals surface area (Å²) in [4.78, 5) is 12.5. The third kappa shape index (κ3) is 52.0. The van der Waals surface area contributed by atoms with Crippen LogP contribution in [0.15, 0.2) is 12.2 Å². The summed E-state index contributed by atoms with van der Waals surface area (Å²) in [7, 11) is 0. The van der Waals surface area contributed by atoms with Crippen LogP contribution in [0.1, 0.15) is 341 Å². The van der Waals surface area contributed by atoms with Crippen LogP contribution in [0.2, 0.25) is 0 Å². The fourth-order valence-corrected chi connectivity index (χ4v) is 9.54. The van der Waals surface area contributed by atoms with E-state index in [1.165, 1.54) is 295 Å². The van der Waals surface area contributed by atoms with Gasteiger partial charge in [0.1, 0.15) is 0 Å². The van der Waals surface area contributed by atoms with Crippen LogP contribution in [0.5, 0.6) is 0 Å². The van der Waals surface area contributed by atoms with E-state index >= 15 is 0 Å². The van der Waals surface area contributed by atoms with E-state index < -0.39 is 12.1 Å². The van der Waals surface area contributed by atoms with Crippen LogP contribution in [0, 0.1) is 0 Å².